The van der Waals surface area contributed by atoms with Gasteiger partial charge in [-0.1, -0.05) is 61.3 Å². The third-order valence-corrected chi connectivity index (χ3v) is 4.93. The van der Waals surface area contributed by atoms with Gasteiger partial charge in [0, 0.05) is 23.1 Å². The molecule has 6 heteroatoms. The lowest BCUT2D eigenvalue weighted by molar-refractivity contribution is -0.140. The van der Waals surface area contributed by atoms with Crippen molar-refractivity contribution in [2.24, 2.45) is 0 Å². The van der Waals surface area contributed by atoms with Gasteiger partial charge >= 0.3 is 0 Å². The van der Waals surface area contributed by atoms with Crippen LogP contribution >= 0.6 is 23.2 Å². The number of amides is 2. The Bertz CT molecular complexity index is 793. The van der Waals surface area contributed by atoms with Crippen molar-refractivity contribution < 1.29 is 9.59 Å². The second-order valence-corrected chi connectivity index (χ2v) is 7.54. The lowest BCUT2D eigenvalue weighted by atomic mass is 10.1. The van der Waals surface area contributed by atoms with Gasteiger partial charge in [-0.15, -0.1) is 0 Å². The number of halogens is 2. The number of nitrogens with one attached hydrogen (secondary N) is 1. The molecule has 0 spiro atoms. The van der Waals surface area contributed by atoms with Crippen LogP contribution in [-0.2, 0) is 22.6 Å². The van der Waals surface area contributed by atoms with Crippen LogP contribution in [0.2, 0.25) is 10.0 Å². The van der Waals surface area contributed by atoms with E-state index in [1.807, 2.05) is 38.1 Å². The summed E-state index contributed by atoms with van der Waals surface area (Å²) in [5.41, 5.74) is 1.74. The Morgan fingerprint density at radius 2 is 1.71 bits per heavy atom. The molecule has 1 unspecified atom stereocenters. The fraction of sp³-hybridized carbons (Fsp3) is 0.364. The highest BCUT2D eigenvalue weighted by Crippen LogP contribution is 2.18. The molecule has 0 aromatic heterocycles. The molecule has 0 heterocycles. The summed E-state index contributed by atoms with van der Waals surface area (Å²) in [5.74, 6) is -0.242. The van der Waals surface area contributed by atoms with Gasteiger partial charge in [-0.2, -0.15) is 0 Å². The lowest BCUT2D eigenvalue weighted by Crippen LogP contribution is -2.49. The average molecular weight is 421 g/mol. The van der Waals surface area contributed by atoms with Gasteiger partial charge in [0.15, 0.2) is 0 Å². The highest BCUT2D eigenvalue weighted by molar-refractivity contribution is 6.30. The van der Waals surface area contributed by atoms with Crippen molar-refractivity contribution in [3.05, 3.63) is 69.7 Å². The van der Waals surface area contributed by atoms with E-state index in [1.54, 1.807) is 29.2 Å². The first-order chi connectivity index (χ1) is 13.4. The van der Waals surface area contributed by atoms with E-state index >= 15 is 0 Å². The van der Waals surface area contributed by atoms with Crippen LogP contribution < -0.4 is 5.32 Å². The van der Waals surface area contributed by atoms with Gasteiger partial charge in [0.05, 0.1) is 6.42 Å². The quantitative estimate of drug-likeness (QED) is 0.628. The summed E-state index contributed by atoms with van der Waals surface area (Å²) < 4.78 is 0. The normalized spacial score (nSPS) is 11.7. The molecule has 0 aliphatic heterocycles. The summed E-state index contributed by atoms with van der Waals surface area (Å²) in [6.45, 7) is 4.84. The molecule has 0 fully saturated rings. The fourth-order valence-electron chi connectivity index (χ4n) is 3.00. The second-order valence-electron chi connectivity index (χ2n) is 6.67. The fourth-order valence-corrected chi connectivity index (χ4v) is 3.33. The topological polar surface area (TPSA) is 49.4 Å². The number of hydrogen-bond acceptors (Lipinski definition) is 2. The molecule has 2 rings (SSSR count). The van der Waals surface area contributed by atoms with Crippen LogP contribution in [0.5, 0.6) is 0 Å². The number of carbonyl (C=O) groups is 2. The zero-order valence-corrected chi connectivity index (χ0v) is 17.8. The summed E-state index contributed by atoms with van der Waals surface area (Å²) >= 11 is 12.0. The largest absolute Gasteiger partial charge is 0.354 e. The van der Waals surface area contributed by atoms with Gasteiger partial charge < -0.3 is 10.2 Å². The number of rotatable bonds is 9. The minimum absolute atomic E-state index is 0.115. The van der Waals surface area contributed by atoms with E-state index in [9.17, 15) is 9.59 Å². The Morgan fingerprint density at radius 3 is 2.32 bits per heavy atom. The van der Waals surface area contributed by atoms with E-state index in [1.165, 1.54) is 0 Å². The summed E-state index contributed by atoms with van der Waals surface area (Å²) in [6.07, 6.45) is 1.56. The van der Waals surface area contributed by atoms with Crippen molar-refractivity contribution >= 4 is 35.0 Å². The Labute approximate surface area is 176 Å². The molecule has 0 radical (unpaired) electrons. The van der Waals surface area contributed by atoms with Crippen LogP contribution in [-0.4, -0.2) is 29.3 Å². The molecule has 0 bridgehead atoms. The summed E-state index contributed by atoms with van der Waals surface area (Å²) in [6, 6.07) is 14.0. The Balaban J connectivity index is 2.26. The maximum atomic E-state index is 13.2. The molecule has 28 heavy (non-hydrogen) atoms. The standard InChI is InChI=1S/C22H26Cl2N2O2/c1-3-12-25-22(28)20(4-2)26(15-16-8-10-18(23)11-9-16)21(27)14-17-6-5-7-19(24)13-17/h5-11,13,20H,3-4,12,14-15H2,1-2H3,(H,25,28). The molecular formula is C22H26Cl2N2O2. The smallest absolute Gasteiger partial charge is 0.242 e. The van der Waals surface area contributed by atoms with Crippen LogP contribution in [0.4, 0.5) is 0 Å². The van der Waals surface area contributed by atoms with Crippen LogP contribution in [0.3, 0.4) is 0 Å². The Hall–Kier alpha value is -2.04. The predicted molar refractivity (Wildman–Crippen MR) is 115 cm³/mol. The predicted octanol–water partition coefficient (Wildman–Crippen LogP) is 4.87. The van der Waals surface area contributed by atoms with Gasteiger partial charge in [0.25, 0.3) is 0 Å². The van der Waals surface area contributed by atoms with E-state index in [0.717, 1.165) is 17.5 Å². The Kier molecular flexibility index (Phi) is 8.81. The van der Waals surface area contributed by atoms with Crippen molar-refractivity contribution in [1.82, 2.24) is 10.2 Å². The number of hydrogen-bond donors (Lipinski definition) is 1. The number of carbonyl (C=O) groups excluding carboxylic acids is 2. The van der Waals surface area contributed by atoms with Crippen molar-refractivity contribution in [2.45, 2.75) is 45.7 Å². The van der Waals surface area contributed by atoms with Crippen LogP contribution in [0, 0.1) is 0 Å². The van der Waals surface area contributed by atoms with Crippen molar-refractivity contribution in [1.29, 1.82) is 0 Å². The van der Waals surface area contributed by atoms with Crippen LogP contribution in [0.15, 0.2) is 48.5 Å². The average Bonchev–Trinajstić information content (AvgIpc) is 2.67. The number of benzene rings is 2. The molecule has 2 aromatic carbocycles. The number of nitrogens with zero attached hydrogens (tertiary/aromatic N) is 1. The molecule has 1 N–H and O–H groups in total. The summed E-state index contributed by atoms with van der Waals surface area (Å²) in [7, 11) is 0. The van der Waals surface area contributed by atoms with E-state index < -0.39 is 6.04 Å². The van der Waals surface area contributed by atoms with Gasteiger partial charge in [-0.25, -0.2) is 0 Å². The van der Waals surface area contributed by atoms with E-state index in [2.05, 4.69) is 5.32 Å². The van der Waals surface area contributed by atoms with E-state index in [0.29, 0.717) is 29.6 Å². The van der Waals surface area contributed by atoms with Crippen molar-refractivity contribution in [3.8, 4) is 0 Å². The molecule has 0 saturated heterocycles. The monoisotopic (exact) mass is 420 g/mol. The molecule has 2 amide bonds. The van der Waals surface area contributed by atoms with Gasteiger partial charge in [0.1, 0.15) is 6.04 Å². The maximum Gasteiger partial charge on any atom is 0.242 e. The SMILES string of the molecule is CCCNC(=O)C(CC)N(Cc1ccc(Cl)cc1)C(=O)Cc1cccc(Cl)c1. The van der Waals surface area contributed by atoms with Gasteiger partial charge in [0.2, 0.25) is 11.8 Å². The maximum absolute atomic E-state index is 13.2. The third-order valence-electron chi connectivity index (χ3n) is 4.45. The van der Waals surface area contributed by atoms with Crippen LogP contribution in [0.1, 0.15) is 37.8 Å². The zero-order chi connectivity index (χ0) is 20.5. The highest BCUT2D eigenvalue weighted by Gasteiger charge is 2.28. The summed E-state index contributed by atoms with van der Waals surface area (Å²) in [5, 5.41) is 4.13. The molecule has 2 aromatic rings. The molecule has 150 valence electrons. The molecule has 1 atom stereocenters. The third kappa shape index (κ3) is 6.54. The molecule has 0 aliphatic rings. The van der Waals surface area contributed by atoms with E-state index in [-0.39, 0.29) is 18.2 Å². The van der Waals surface area contributed by atoms with Crippen LogP contribution in [0.25, 0.3) is 0 Å². The molecule has 0 saturated carbocycles. The van der Waals surface area contributed by atoms with E-state index in [4.69, 9.17) is 23.2 Å². The zero-order valence-electron chi connectivity index (χ0n) is 16.3. The molecular weight excluding hydrogens is 395 g/mol. The molecule has 4 nitrogen and oxygen atoms in total. The minimum Gasteiger partial charge on any atom is -0.354 e. The highest BCUT2D eigenvalue weighted by atomic mass is 35.5. The van der Waals surface area contributed by atoms with Crippen molar-refractivity contribution in [3.63, 3.8) is 0 Å². The minimum atomic E-state index is -0.533. The first kappa shape index (κ1) is 22.3. The lowest BCUT2D eigenvalue weighted by Gasteiger charge is -2.31. The Morgan fingerprint density at radius 1 is 1.00 bits per heavy atom. The first-order valence-corrected chi connectivity index (χ1v) is 10.3. The summed E-state index contributed by atoms with van der Waals surface area (Å²) in [4.78, 5) is 27.5. The van der Waals surface area contributed by atoms with Crippen molar-refractivity contribution in [2.75, 3.05) is 6.54 Å². The first-order valence-electron chi connectivity index (χ1n) is 9.50. The van der Waals surface area contributed by atoms with Gasteiger partial charge in [-0.05, 0) is 48.2 Å². The molecule has 0 aliphatic carbocycles. The second kappa shape index (κ2) is 11.1. The van der Waals surface area contributed by atoms with Gasteiger partial charge in [-0.3, -0.25) is 9.59 Å².